The van der Waals surface area contributed by atoms with Gasteiger partial charge in [0.25, 0.3) is 0 Å². The van der Waals surface area contributed by atoms with Crippen molar-refractivity contribution in [2.45, 2.75) is 69.6 Å². The number of rotatable bonds is 11. The van der Waals surface area contributed by atoms with Crippen LogP contribution >= 0.6 is 0 Å². The van der Waals surface area contributed by atoms with Crippen molar-refractivity contribution in [1.29, 1.82) is 0 Å². The van der Waals surface area contributed by atoms with Crippen LogP contribution in [-0.2, 0) is 10.2 Å². The number of ether oxygens (including phenoxy) is 1. The van der Waals surface area contributed by atoms with Gasteiger partial charge in [0.15, 0.2) is 0 Å². The van der Waals surface area contributed by atoms with E-state index in [1.807, 2.05) is 6.07 Å². The maximum atomic E-state index is 11.8. The highest BCUT2D eigenvalue weighted by Gasteiger charge is 2.52. The van der Waals surface area contributed by atoms with Gasteiger partial charge in [-0.15, -0.1) is 0 Å². The number of carbonyl (C=O) groups excluding carboxylic acids is 1. The molecule has 5 nitrogen and oxygen atoms in total. The molecule has 0 atom stereocenters. The summed E-state index contributed by atoms with van der Waals surface area (Å²) >= 11 is 0. The Balaban J connectivity index is 1.47. The summed E-state index contributed by atoms with van der Waals surface area (Å²) in [6.07, 6.45) is 12.5. The monoisotopic (exact) mass is 487 g/mol. The molecule has 36 heavy (non-hydrogen) atoms. The Bertz CT molecular complexity index is 1130. The minimum atomic E-state index is -0.954. The zero-order chi connectivity index (χ0) is 25.3. The third-order valence-electron chi connectivity index (χ3n) is 8.77. The first-order chi connectivity index (χ1) is 17.4. The molecule has 0 spiro atoms. The third kappa shape index (κ3) is 4.80. The van der Waals surface area contributed by atoms with E-state index in [2.05, 4.69) is 24.8 Å². The van der Waals surface area contributed by atoms with Crippen molar-refractivity contribution in [3.05, 3.63) is 59.7 Å². The number of aromatic carboxylic acids is 1. The van der Waals surface area contributed by atoms with Gasteiger partial charge in [-0.2, -0.15) is 0 Å². The van der Waals surface area contributed by atoms with Crippen molar-refractivity contribution in [2.24, 2.45) is 23.5 Å². The molecule has 4 aliphatic rings. The highest BCUT2D eigenvalue weighted by Crippen LogP contribution is 2.62. The molecule has 5 heteroatoms. The van der Waals surface area contributed by atoms with E-state index in [0.29, 0.717) is 18.6 Å². The van der Waals surface area contributed by atoms with E-state index in [-0.39, 0.29) is 16.9 Å². The fourth-order valence-corrected chi connectivity index (χ4v) is 7.67. The van der Waals surface area contributed by atoms with E-state index in [9.17, 15) is 14.7 Å². The summed E-state index contributed by atoms with van der Waals surface area (Å²) in [6, 6.07) is 11.9. The van der Waals surface area contributed by atoms with Crippen LogP contribution in [-0.4, -0.2) is 23.6 Å². The van der Waals surface area contributed by atoms with Crippen LogP contribution in [0.2, 0.25) is 0 Å². The molecule has 4 aliphatic carbocycles. The molecule has 0 aromatic heterocycles. The highest BCUT2D eigenvalue weighted by atomic mass is 16.5. The quantitative estimate of drug-likeness (QED) is 0.350. The van der Waals surface area contributed by atoms with E-state index < -0.39 is 5.97 Å². The summed E-state index contributed by atoms with van der Waals surface area (Å²) in [7, 11) is 0. The van der Waals surface area contributed by atoms with Crippen molar-refractivity contribution >= 4 is 18.0 Å². The Labute approximate surface area is 213 Å². The fourth-order valence-electron chi connectivity index (χ4n) is 7.67. The van der Waals surface area contributed by atoms with E-state index in [1.54, 1.807) is 18.2 Å². The van der Waals surface area contributed by atoms with Gasteiger partial charge in [0, 0.05) is 12.0 Å². The minimum Gasteiger partial charge on any atom is -0.493 e. The van der Waals surface area contributed by atoms with Crippen molar-refractivity contribution in [2.75, 3.05) is 6.61 Å². The number of benzene rings is 2. The van der Waals surface area contributed by atoms with Crippen LogP contribution in [0.25, 0.3) is 17.2 Å². The molecule has 3 N–H and O–H groups in total. The predicted molar refractivity (Wildman–Crippen MR) is 142 cm³/mol. The Morgan fingerprint density at radius 3 is 2.33 bits per heavy atom. The highest BCUT2D eigenvalue weighted by molar-refractivity contribution is 5.96. The summed E-state index contributed by atoms with van der Waals surface area (Å²) < 4.78 is 6.49. The lowest BCUT2D eigenvalue weighted by atomic mass is 9.48. The summed E-state index contributed by atoms with van der Waals surface area (Å²) in [4.78, 5) is 22.9. The zero-order valence-electron chi connectivity index (χ0n) is 21.0. The number of carbonyl (C=O) groups is 2. The van der Waals surface area contributed by atoms with Gasteiger partial charge < -0.3 is 15.6 Å². The zero-order valence-corrected chi connectivity index (χ0v) is 21.0. The third-order valence-corrected chi connectivity index (χ3v) is 8.77. The van der Waals surface area contributed by atoms with E-state index >= 15 is 0 Å². The first-order valence-corrected chi connectivity index (χ1v) is 13.4. The van der Waals surface area contributed by atoms with Gasteiger partial charge in [-0.25, -0.2) is 4.79 Å². The first-order valence-electron chi connectivity index (χ1n) is 13.4. The topological polar surface area (TPSA) is 89.6 Å². The normalized spacial score (nSPS) is 26.1. The van der Waals surface area contributed by atoms with Gasteiger partial charge in [0.1, 0.15) is 5.75 Å². The standard InChI is InChI=1S/C31H37NO4/c1-2-24-25(7-6-8-26(24)30(34)35)23-10-11-27(28(16-23)36-12-5-3-4-9-29(32)33)31-17-20-13-21(18-31)15-22(14-20)19-31/h2,6-8,10-11,16,20-22H,1,3-5,9,12-15,17-19H2,(H2,32,33)(H,34,35). The molecule has 4 bridgehead atoms. The molecule has 1 amide bonds. The average molecular weight is 488 g/mol. The molecule has 0 aliphatic heterocycles. The Hall–Kier alpha value is -3.08. The molecule has 0 radical (unpaired) electrons. The maximum absolute atomic E-state index is 11.8. The Morgan fingerprint density at radius 2 is 1.72 bits per heavy atom. The van der Waals surface area contributed by atoms with E-state index in [4.69, 9.17) is 10.5 Å². The Morgan fingerprint density at radius 1 is 1.03 bits per heavy atom. The molecule has 4 fully saturated rings. The second-order valence-corrected chi connectivity index (χ2v) is 11.3. The van der Waals surface area contributed by atoms with Crippen molar-refractivity contribution in [3.63, 3.8) is 0 Å². The predicted octanol–water partition coefficient (Wildman–Crippen LogP) is 6.59. The fraction of sp³-hybridized carbons (Fsp3) is 0.484. The van der Waals surface area contributed by atoms with Crippen LogP contribution in [0.4, 0.5) is 0 Å². The molecule has 2 aromatic rings. The molecule has 0 unspecified atom stereocenters. The number of nitrogens with two attached hydrogens (primary N) is 1. The van der Waals surface area contributed by atoms with Gasteiger partial charge in [0.2, 0.25) is 5.91 Å². The van der Waals surface area contributed by atoms with Gasteiger partial charge in [-0.05, 0) is 110 Å². The molecule has 190 valence electrons. The Kier molecular flexibility index (Phi) is 6.92. The maximum Gasteiger partial charge on any atom is 0.336 e. The number of hydrogen-bond donors (Lipinski definition) is 2. The SMILES string of the molecule is C=Cc1c(C(=O)O)cccc1-c1ccc(C23CC4CC(CC(C4)C2)C3)c(OCCCCCC(N)=O)c1. The van der Waals surface area contributed by atoms with Crippen LogP contribution in [0, 0.1) is 17.8 Å². The molecule has 0 heterocycles. The molecular formula is C31H37NO4. The molecule has 2 aromatic carbocycles. The number of carboxylic acids is 1. The van der Waals surface area contributed by atoms with E-state index in [0.717, 1.165) is 53.9 Å². The molecule has 6 rings (SSSR count). The van der Waals surface area contributed by atoms with E-state index in [1.165, 1.54) is 44.1 Å². The van der Waals surface area contributed by atoms with Crippen LogP contribution in [0.15, 0.2) is 43.0 Å². The second-order valence-electron chi connectivity index (χ2n) is 11.3. The average Bonchev–Trinajstić information content (AvgIpc) is 2.84. The largest absolute Gasteiger partial charge is 0.493 e. The summed E-state index contributed by atoms with van der Waals surface area (Å²) in [5, 5.41) is 9.68. The second kappa shape index (κ2) is 10.1. The lowest BCUT2D eigenvalue weighted by Gasteiger charge is -2.57. The van der Waals surface area contributed by atoms with Crippen molar-refractivity contribution in [3.8, 4) is 16.9 Å². The van der Waals surface area contributed by atoms with Gasteiger partial charge >= 0.3 is 5.97 Å². The van der Waals surface area contributed by atoms with Crippen molar-refractivity contribution in [1.82, 2.24) is 0 Å². The summed E-state index contributed by atoms with van der Waals surface area (Å²) in [6.45, 7) is 4.48. The lowest BCUT2D eigenvalue weighted by Crippen LogP contribution is -2.48. The van der Waals surface area contributed by atoms with Crippen LogP contribution in [0.5, 0.6) is 5.75 Å². The minimum absolute atomic E-state index is 0.193. The number of unbranched alkanes of at least 4 members (excludes halogenated alkanes) is 2. The summed E-state index contributed by atoms with van der Waals surface area (Å²) in [5.74, 6) is 2.21. The smallest absolute Gasteiger partial charge is 0.336 e. The van der Waals surface area contributed by atoms with Crippen molar-refractivity contribution < 1.29 is 19.4 Å². The van der Waals surface area contributed by atoms with Crippen LogP contribution in [0.3, 0.4) is 0 Å². The van der Waals surface area contributed by atoms with Crippen LogP contribution in [0.1, 0.15) is 85.7 Å². The molecule has 0 saturated heterocycles. The number of hydrogen-bond acceptors (Lipinski definition) is 3. The first kappa shape index (κ1) is 24.6. The number of amides is 1. The molecule has 4 saturated carbocycles. The number of primary amides is 1. The van der Waals surface area contributed by atoms with Gasteiger partial charge in [0.05, 0.1) is 12.2 Å². The van der Waals surface area contributed by atoms with Gasteiger partial charge in [-0.1, -0.05) is 36.9 Å². The van der Waals surface area contributed by atoms with Crippen LogP contribution < -0.4 is 10.5 Å². The number of carboxylic acid groups (broad SMARTS) is 1. The summed E-state index contributed by atoms with van der Waals surface area (Å²) in [5.41, 5.74) is 9.48. The lowest BCUT2D eigenvalue weighted by molar-refractivity contribution is -0.118. The molecular weight excluding hydrogens is 450 g/mol. The van der Waals surface area contributed by atoms with Gasteiger partial charge in [-0.3, -0.25) is 4.79 Å².